The average Bonchev–Trinajstić information content (AvgIpc) is 2.93. The molecule has 6 heteroatoms. The molecule has 0 aliphatic carbocycles. The molecule has 1 atom stereocenters. The molecule has 1 aromatic heterocycles. The van der Waals surface area contributed by atoms with E-state index >= 15 is 0 Å². The standard InChI is InChI=1S/C13H13ClFN3O/c14-10-5-4-9(7-11(10)15)18-16-8-12(17-18)13-3-1-2-6-19-13/h4-5,7-8,13H,1-3,6H2. The highest BCUT2D eigenvalue weighted by atomic mass is 35.5. The number of rotatable bonds is 2. The summed E-state index contributed by atoms with van der Waals surface area (Å²) in [6, 6.07) is 4.48. The highest BCUT2D eigenvalue weighted by Gasteiger charge is 2.19. The molecule has 1 saturated heterocycles. The first-order valence-corrected chi connectivity index (χ1v) is 6.61. The summed E-state index contributed by atoms with van der Waals surface area (Å²) < 4.78 is 19.0. The topological polar surface area (TPSA) is 39.9 Å². The van der Waals surface area contributed by atoms with Crippen molar-refractivity contribution in [3.8, 4) is 5.69 Å². The van der Waals surface area contributed by atoms with Crippen LogP contribution in [-0.4, -0.2) is 21.6 Å². The fraction of sp³-hybridized carbons (Fsp3) is 0.385. The highest BCUT2D eigenvalue weighted by molar-refractivity contribution is 6.30. The van der Waals surface area contributed by atoms with Gasteiger partial charge in [0.2, 0.25) is 0 Å². The molecule has 0 amide bonds. The predicted octanol–water partition coefficient (Wildman–Crippen LogP) is 3.30. The van der Waals surface area contributed by atoms with Crippen molar-refractivity contribution in [2.75, 3.05) is 6.61 Å². The molecule has 1 aliphatic rings. The third kappa shape index (κ3) is 2.62. The Bertz CT molecular complexity index is 581. The predicted molar refractivity (Wildman–Crippen MR) is 68.9 cm³/mol. The van der Waals surface area contributed by atoms with Gasteiger partial charge in [0.15, 0.2) is 0 Å². The van der Waals surface area contributed by atoms with Gasteiger partial charge in [-0.1, -0.05) is 11.6 Å². The van der Waals surface area contributed by atoms with E-state index in [4.69, 9.17) is 16.3 Å². The Balaban J connectivity index is 1.85. The zero-order chi connectivity index (χ0) is 13.2. The molecule has 2 aromatic rings. The average molecular weight is 282 g/mol. The Morgan fingerprint density at radius 3 is 3.00 bits per heavy atom. The third-order valence-electron chi connectivity index (χ3n) is 3.15. The maximum atomic E-state index is 13.4. The second-order valence-corrected chi connectivity index (χ2v) is 4.92. The van der Waals surface area contributed by atoms with Crippen LogP contribution < -0.4 is 0 Å². The molecular weight excluding hydrogens is 269 g/mol. The summed E-state index contributed by atoms with van der Waals surface area (Å²) in [6.07, 6.45) is 4.84. The zero-order valence-corrected chi connectivity index (χ0v) is 11.0. The highest BCUT2D eigenvalue weighted by Crippen LogP contribution is 2.26. The molecular formula is C13H13ClFN3O. The quantitative estimate of drug-likeness (QED) is 0.848. The van der Waals surface area contributed by atoms with Gasteiger partial charge in [-0.3, -0.25) is 0 Å². The molecule has 4 nitrogen and oxygen atoms in total. The van der Waals surface area contributed by atoms with Gasteiger partial charge in [-0.25, -0.2) is 4.39 Å². The summed E-state index contributed by atoms with van der Waals surface area (Å²) in [7, 11) is 0. The van der Waals surface area contributed by atoms with Crippen LogP contribution in [0.5, 0.6) is 0 Å². The first-order valence-electron chi connectivity index (χ1n) is 6.23. The Kier molecular flexibility index (Phi) is 3.48. The van der Waals surface area contributed by atoms with Gasteiger partial charge in [0.25, 0.3) is 0 Å². The minimum atomic E-state index is -0.480. The van der Waals surface area contributed by atoms with E-state index in [2.05, 4.69) is 10.2 Å². The molecule has 0 N–H and O–H groups in total. The number of hydrogen-bond donors (Lipinski definition) is 0. The van der Waals surface area contributed by atoms with Crippen molar-refractivity contribution in [1.82, 2.24) is 15.0 Å². The van der Waals surface area contributed by atoms with Crippen molar-refractivity contribution in [3.05, 3.63) is 40.9 Å². The van der Waals surface area contributed by atoms with Gasteiger partial charge >= 0.3 is 0 Å². The molecule has 0 radical (unpaired) electrons. The summed E-state index contributed by atoms with van der Waals surface area (Å²) in [4.78, 5) is 1.40. The minimum absolute atomic E-state index is 0.000327. The van der Waals surface area contributed by atoms with Crippen LogP contribution in [0.2, 0.25) is 5.02 Å². The van der Waals surface area contributed by atoms with Crippen LogP contribution in [0.15, 0.2) is 24.4 Å². The fourth-order valence-electron chi connectivity index (χ4n) is 2.13. The largest absolute Gasteiger partial charge is 0.372 e. The van der Waals surface area contributed by atoms with Gasteiger partial charge in [0.1, 0.15) is 17.6 Å². The van der Waals surface area contributed by atoms with Crippen LogP contribution in [0.3, 0.4) is 0 Å². The van der Waals surface area contributed by atoms with Crippen LogP contribution in [0.1, 0.15) is 31.1 Å². The van der Waals surface area contributed by atoms with E-state index in [1.165, 1.54) is 16.9 Å². The van der Waals surface area contributed by atoms with Crippen molar-refractivity contribution in [2.45, 2.75) is 25.4 Å². The number of benzene rings is 1. The maximum absolute atomic E-state index is 13.4. The van der Waals surface area contributed by atoms with E-state index in [1.54, 1.807) is 12.3 Å². The lowest BCUT2D eigenvalue weighted by molar-refractivity contribution is 0.0121. The van der Waals surface area contributed by atoms with Crippen molar-refractivity contribution < 1.29 is 9.13 Å². The Morgan fingerprint density at radius 1 is 1.37 bits per heavy atom. The van der Waals surface area contributed by atoms with E-state index in [1.807, 2.05) is 0 Å². The molecule has 3 rings (SSSR count). The van der Waals surface area contributed by atoms with Gasteiger partial charge in [-0.2, -0.15) is 15.0 Å². The first-order chi connectivity index (χ1) is 9.24. The van der Waals surface area contributed by atoms with Crippen LogP contribution in [-0.2, 0) is 4.74 Å². The molecule has 0 bridgehead atoms. The van der Waals surface area contributed by atoms with Crippen molar-refractivity contribution in [1.29, 1.82) is 0 Å². The summed E-state index contributed by atoms with van der Waals surface area (Å²) in [5.41, 5.74) is 1.33. The monoisotopic (exact) mass is 281 g/mol. The van der Waals surface area contributed by atoms with Gasteiger partial charge in [0.05, 0.1) is 16.9 Å². The van der Waals surface area contributed by atoms with Crippen LogP contribution in [0.4, 0.5) is 4.39 Å². The summed E-state index contributed by atoms with van der Waals surface area (Å²) in [5, 5.41) is 8.58. The van der Waals surface area contributed by atoms with Gasteiger partial charge in [-0.05, 0) is 31.4 Å². The summed E-state index contributed by atoms with van der Waals surface area (Å²) >= 11 is 5.65. The van der Waals surface area contributed by atoms with Crippen LogP contribution in [0, 0.1) is 5.82 Å². The summed E-state index contributed by atoms with van der Waals surface area (Å²) in [5.74, 6) is -0.480. The Labute approximate surface area is 115 Å². The number of halogens is 2. The third-order valence-corrected chi connectivity index (χ3v) is 3.46. The number of ether oxygens (including phenoxy) is 1. The molecule has 1 unspecified atom stereocenters. The van der Waals surface area contributed by atoms with E-state index in [9.17, 15) is 4.39 Å². The number of nitrogens with zero attached hydrogens (tertiary/aromatic N) is 3. The maximum Gasteiger partial charge on any atom is 0.144 e. The lowest BCUT2D eigenvalue weighted by Crippen LogP contribution is -2.12. The van der Waals surface area contributed by atoms with Gasteiger partial charge < -0.3 is 4.74 Å². The SMILES string of the molecule is Fc1cc(-n2ncc(C3CCCCO3)n2)ccc1Cl. The first kappa shape index (κ1) is 12.6. The van der Waals surface area contributed by atoms with Gasteiger partial charge in [0, 0.05) is 12.7 Å². The van der Waals surface area contributed by atoms with Crippen molar-refractivity contribution in [2.24, 2.45) is 0 Å². The second kappa shape index (κ2) is 5.27. The van der Waals surface area contributed by atoms with E-state index < -0.39 is 5.82 Å². The molecule has 100 valence electrons. The molecule has 1 aliphatic heterocycles. The fourth-order valence-corrected chi connectivity index (χ4v) is 2.25. The van der Waals surface area contributed by atoms with Crippen LogP contribution in [0.25, 0.3) is 5.69 Å². The lowest BCUT2D eigenvalue weighted by Gasteiger charge is -2.20. The number of aromatic nitrogens is 3. The Hall–Kier alpha value is -1.46. The van der Waals surface area contributed by atoms with Crippen molar-refractivity contribution in [3.63, 3.8) is 0 Å². The molecule has 1 fully saturated rings. The lowest BCUT2D eigenvalue weighted by atomic mass is 10.1. The van der Waals surface area contributed by atoms with E-state index in [-0.39, 0.29) is 11.1 Å². The molecule has 1 aromatic carbocycles. The minimum Gasteiger partial charge on any atom is -0.372 e. The van der Waals surface area contributed by atoms with E-state index in [0.29, 0.717) is 5.69 Å². The van der Waals surface area contributed by atoms with Crippen molar-refractivity contribution >= 4 is 11.6 Å². The summed E-state index contributed by atoms with van der Waals surface area (Å²) in [6.45, 7) is 0.757. The van der Waals surface area contributed by atoms with E-state index in [0.717, 1.165) is 31.6 Å². The Morgan fingerprint density at radius 2 is 2.26 bits per heavy atom. The molecule has 19 heavy (non-hydrogen) atoms. The van der Waals surface area contributed by atoms with Crippen LogP contribution >= 0.6 is 11.6 Å². The molecule has 0 spiro atoms. The molecule has 0 saturated carbocycles. The molecule has 2 heterocycles. The van der Waals surface area contributed by atoms with Gasteiger partial charge in [-0.15, -0.1) is 0 Å². The zero-order valence-electron chi connectivity index (χ0n) is 10.2. The smallest absolute Gasteiger partial charge is 0.144 e. The second-order valence-electron chi connectivity index (χ2n) is 4.51. The normalized spacial score (nSPS) is 19.6. The number of hydrogen-bond acceptors (Lipinski definition) is 3.